The molecule has 15 nitrogen and oxygen atoms in total. The number of amides is 2. The van der Waals surface area contributed by atoms with E-state index in [0.717, 1.165) is 61.1 Å². The minimum Gasteiger partial charge on any atom is -0.444 e. The number of fused-ring (bicyclic) bond motifs is 2. The number of nitrogens with zero attached hydrogens (tertiary/aromatic N) is 8. The van der Waals surface area contributed by atoms with Gasteiger partial charge in [-0.1, -0.05) is 0 Å². The van der Waals surface area contributed by atoms with Gasteiger partial charge in [-0.25, -0.2) is 28.9 Å². The number of rotatable bonds is 6. The molecule has 2 amide bonds. The molecule has 1 aromatic carbocycles. The van der Waals surface area contributed by atoms with E-state index in [1.807, 2.05) is 12.1 Å². The number of carbonyl (C=O) groups excluding carboxylic acids is 2. The molecule has 0 aliphatic carbocycles. The standard InChI is InChI=1S/C33H39N11O4/c1-33(2,3)48-32(46)40-21-9-10-24-23(13-21)28(41-43(24)27-8-4-5-12-47-27)31(45)39-22-7-6-11-42(17-22)26-14-25(20-15-35-18-36-16-20)44-29(26)30(34)37-19-38-44/h9-10,13-16,18-19,22,27H,4-8,11-12,17H2,1-3H3,(H,39,45)(H,40,46)(H2,34,37,38)/t22-,27?/m1/s1. The highest BCUT2D eigenvalue weighted by Crippen LogP contribution is 2.35. The topological polar surface area (TPSA) is 180 Å². The fourth-order valence-electron chi connectivity index (χ4n) is 6.44. The molecule has 2 aliphatic heterocycles. The van der Waals surface area contributed by atoms with Crippen LogP contribution in [0.15, 0.2) is 49.3 Å². The molecule has 1 unspecified atom stereocenters. The van der Waals surface area contributed by atoms with Gasteiger partial charge in [-0.05, 0) is 77.1 Å². The molecule has 250 valence electrons. The van der Waals surface area contributed by atoms with Crippen molar-refractivity contribution in [2.24, 2.45) is 0 Å². The number of nitrogens with one attached hydrogen (secondary N) is 2. The summed E-state index contributed by atoms with van der Waals surface area (Å²) in [4.78, 5) is 41.4. The monoisotopic (exact) mass is 653 g/mol. The van der Waals surface area contributed by atoms with Crippen molar-refractivity contribution in [3.8, 4) is 11.3 Å². The maximum atomic E-state index is 14.0. The smallest absolute Gasteiger partial charge is 0.412 e. The Morgan fingerprint density at radius 2 is 1.90 bits per heavy atom. The van der Waals surface area contributed by atoms with E-state index in [9.17, 15) is 9.59 Å². The molecule has 48 heavy (non-hydrogen) atoms. The van der Waals surface area contributed by atoms with E-state index >= 15 is 0 Å². The van der Waals surface area contributed by atoms with Gasteiger partial charge >= 0.3 is 6.09 Å². The van der Waals surface area contributed by atoms with Crippen LogP contribution in [-0.4, -0.2) is 77.7 Å². The van der Waals surface area contributed by atoms with Crippen molar-refractivity contribution in [1.82, 2.24) is 39.7 Å². The molecule has 4 aromatic heterocycles. The number of anilines is 3. The molecule has 2 atom stereocenters. The Labute approximate surface area is 276 Å². The lowest BCUT2D eigenvalue weighted by Gasteiger charge is -2.34. The SMILES string of the molecule is CC(C)(C)OC(=O)Nc1ccc2c(c1)c(C(=O)N[C@@H]1CCCN(c3cc(-c4cncnc4)n4ncnc(N)c34)C1)nn2C1CCCCO1. The molecule has 0 bridgehead atoms. The molecule has 2 saturated heterocycles. The summed E-state index contributed by atoms with van der Waals surface area (Å²) in [6, 6.07) is 7.23. The Balaban J connectivity index is 1.17. The summed E-state index contributed by atoms with van der Waals surface area (Å²) in [7, 11) is 0. The molecule has 0 spiro atoms. The van der Waals surface area contributed by atoms with Crippen LogP contribution < -0.4 is 21.3 Å². The van der Waals surface area contributed by atoms with Gasteiger partial charge in [0.1, 0.15) is 23.8 Å². The molecule has 2 aliphatic rings. The second-order valence-electron chi connectivity index (χ2n) is 13.2. The summed E-state index contributed by atoms with van der Waals surface area (Å²) in [5.74, 6) is 0.0505. The third kappa shape index (κ3) is 6.32. The van der Waals surface area contributed by atoms with Gasteiger partial charge in [0.25, 0.3) is 5.91 Å². The highest BCUT2D eigenvalue weighted by molar-refractivity contribution is 6.06. The van der Waals surface area contributed by atoms with Gasteiger partial charge in [0.2, 0.25) is 0 Å². The first-order valence-electron chi connectivity index (χ1n) is 16.2. The second-order valence-corrected chi connectivity index (χ2v) is 13.2. The zero-order valence-electron chi connectivity index (χ0n) is 27.2. The highest BCUT2D eigenvalue weighted by atomic mass is 16.6. The van der Waals surface area contributed by atoms with Crippen molar-refractivity contribution < 1.29 is 19.1 Å². The number of hydrogen-bond acceptors (Lipinski definition) is 11. The van der Waals surface area contributed by atoms with Crippen molar-refractivity contribution in [2.75, 3.05) is 35.6 Å². The van der Waals surface area contributed by atoms with Crippen molar-refractivity contribution in [1.29, 1.82) is 0 Å². The first-order valence-corrected chi connectivity index (χ1v) is 16.2. The average Bonchev–Trinajstić information content (AvgIpc) is 3.65. The first kappa shape index (κ1) is 31.3. The average molecular weight is 654 g/mol. The molecule has 15 heteroatoms. The van der Waals surface area contributed by atoms with Crippen LogP contribution in [0.25, 0.3) is 27.7 Å². The van der Waals surface area contributed by atoms with E-state index in [1.54, 1.807) is 54.5 Å². The number of piperidine rings is 1. The molecule has 5 aromatic rings. The third-order valence-corrected chi connectivity index (χ3v) is 8.51. The van der Waals surface area contributed by atoms with Gasteiger partial charge < -0.3 is 25.4 Å². The fourth-order valence-corrected chi connectivity index (χ4v) is 6.44. The van der Waals surface area contributed by atoms with Gasteiger partial charge in [-0.15, -0.1) is 0 Å². The third-order valence-electron chi connectivity index (χ3n) is 8.51. The molecular formula is C33H39N11O4. The quantitative estimate of drug-likeness (QED) is 0.234. The summed E-state index contributed by atoms with van der Waals surface area (Å²) in [5, 5.41) is 15.9. The molecule has 0 saturated carbocycles. The van der Waals surface area contributed by atoms with Gasteiger partial charge in [0.15, 0.2) is 17.7 Å². The van der Waals surface area contributed by atoms with Crippen molar-refractivity contribution in [3.63, 3.8) is 0 Å². The predicted octanol–water partition coefficient (Wildman–Crippen LogP) is 4.56. The summed E-state index contributed by atoms with van der Waals surface area (Å²) >= 11 is 0. The minimum atomic E-state index is -0.653. The van der Waals surface area contributed by atoms with Crippen LogP contribution in [0.4, 0.5) is 22.0 Å². The Morgan fingerprint density at radius 1 is 1.06 bits per heavy atom. The molecule has 0 radical (unpaired) electrons. The number of ether oxygens (including phenoxy) is 2. The summed E-state index contributed by atoms with van der Waals surface area (Å²) in [6.45, 7) is 7.35. The van der Waals surface area contributed by atoms with Crippen LogP contribution >= 0.6 is 0 Å². The van der Waals surface area contributed by atoms with Crippen LogP contribution in [-0.2, 0) is 9.47 Å². The van der Waals surface area contributed by atoms with E-state index in [4.69, 9.17) is 20.3 Å². The molecule has 2 fully saturated rings. The lowest BCUT2D eigenvalue weighted by molar-refractivity contribution is -0.0368. The zero-order valence-corrected chi connectivity index (χ0v) is 27.2. The van der Waals surface area contributed by atoms with Crippen LogP contribution in [0.5, 0.6) is 0 Å². The lowest BCUT2D eigenvalue weighted by atomic mass is 10.0. The fraction of sp³-hybridized carbons (Fsp3) is 0.424. The summed E-state index contributed by atoms with van der Waals surface area (Å²) in [5.41, 5.74) is 10.4. The van der Waals surface area contributed by atoms with Crippen molar-refractivity contribution >= 4 is 45.6 Å². The number of nitrogen functional groups attached to an aromatic ring is 1. The maximum Gasteiger partial charge on any atom is 0.412 e. The van der Waals surface area contributed by atoms with Crippen molar-refractivity contribution in [2.45, 2.75) is 70.7 Å². The van der Waals surface area contributed by atoms with Crippen LogP contribution in [0, 0.1) is 0 Å². The largest absolute Gasteiger partial charge is 0.444 e. The Kier molecular flexibility index (Phi) is 8.29. The Bertz CT molecular complexity index is 1960. The summed E-state index contributed by atoms with van der Waals surface area (Å²) in [6.07, 6.45) is 9.92. The van der Waals surface area contributed by atoms with Gasteiger partial charge in [-0.2, -0.15) is 10.2 Å². The van der Waals surface area contributed by atoms with Crippen LogP contribution in [0.2, 0.25) is 0 Å². The Hall–Kier alpha value is -5.31. The summed E-state index contributed by atoms with van der Waals surface area (Å²) < 4.78 is 15.0. The molecule has 6 heterocycles. The van der Waals surface area contributed by atoms with Gasteiger partial charge in [0.05, 0.1) is 16.9 Å². The normalized spacial score (nSPS) is 18.6. The molecular weight excluding hydrogens is 614 g/mol. The van der Waals surface area contributed by atoms with Crippen molar-refractivity contribution in [3.05, 3.63) is 55.0 Å². The second kappa shape index (κ2) is 12.7. The number of hydrogen-bond donors (Lipinski definition) is 3. The highest BCUT2D eigenvalue weighted by Gasteiger charge is 2.29. The molecule has 7 rings (SSSR count). The van der Waals surface area contributed by atoms with E-state index in [1.165, 1.54) is 12.7 Å². The number of aromatic nitrogens is 7. The lowest BCUT2D eigenvalue weighted by Crippen LogP contribution is -2.48. The number of benzene rings is 1. The number of carbonyl (C=O) groups is 2. The number of nitrogens with two attached hydrogens (primary N) is 1. The van der Waals surface area contributed by atoms with Crippen LogP contribution in [0.3, 0.4) is 0 Å². The van der Waals surface area contributed by atoms with Crippen LogP contribution in [0.1, 0.15) is 69.6 Å². The van der Waals surface area contributed by atoms with E-state index in [2.05, 4.69) is 35.6 Å². The minimum absolute atomic E-state index is 0.176. The van der Waals surface area contributed by atoms with Gasteiger partial charge in [0, 0.05) is 54.8 Å². The van der Waals surface area contributed by atoms with E-state index in [-0.39, 0.29) is 23.9 Å². The van der Waals surface area contributed by atoms with E-state index < -0.39 is 11.7 Å². The zero-order chi connectivity index (χ0) is 33.4. The predicted molar refractivity (Wildman–Crippen MR) is 180 cm³/mol. The first-order chi connectivity index (χ1) is 23.1. The Morgan fingerprint density at radius 3 is 2.67 bits per heavy atom. The molecule has 4 N–H and O–H groups in total. The maximum absolute atomic E-state index is 14.0. The van der Waals surface area contributed by atoms with Gasteiger partial charge in [-0.3, -0.25) is 10.1 Å². The van der Waals surface area contributed by atoms with E-state index in [0.29, 0.717) is 35.6 Å².